The fourth-order valence-corrected chi connectivity index (χ4v) is 1.37. The maximum atomic E-state index is 12.0. The second-order valence-electron chi connectivity index (χ2n) is 3.74. The van der Waals surface area contributed by atoms with Crippen molar-refractivity contribution in [3.63, 3.8) is 0 Å². The lowest BCUT2D eigenvalue weighted by atomic mass is 10.1. The lowest BCUT2D eigenvalue weighted by molar-refractivity contribution is 0.0731. The summed E-state index contributed by atoms with van der Waals surface area (Å²) in [6.45, 7) is 3.74. The molecular formula is C12H14N2O2. The first kappa shape index (κ1) is 12.1. The summed E-state index contributed by atoms with van der Waals surface area (Å²) >= 11 is 0. The van der Waals surface area contributed by atoms with Gasteiger partial charge in [-0.3, -0.25) is 4.79 Å². The highest BCUT2D eigenvalue weighted by atomic mass is 16.3. The Labute approximate surface area is 94.7 Å². The number of benzene rings is 1. The molecule has 84 valence electrons. The van der Waals surface area contributed by atoms with Crippen molar-refractivity contribution in [3.8, 4) is 11.8 Å². The molecule has 0 heterocycles. The minimum Gasteiger partial charge on any atom is -0.508 e. The first-order chi connectivity index (χ1) is 7.56. The summed E-state index contributed by atoms with van der Waals surface area (Å²) in [5, 5.41) is 17.9. The Balaban J connectivity index is 2.95. The van der Waals surface area contributed by atoms with Gasteiger partial charge in [0.25, 0.3) is 5.91 Å². The van der Waals surface area contributed by atoms with Crippen LogP contribution in [0.1, 0.15) is 24.2 Å². The van der Waals surface area contributed by atoms with Crippen molar-refractivity contribution in [3.05, 3.63) is 29.8 Å². The second-order valence-corrected chi connectivity index (χ2v) is 3.74. The van der Waals surface area contributed by atoms with E-state index in [0.29, 0.717) is 5.56 Å². The molecule has 0 spiro atoms. The lowest BCUT2D eigenvalue weighted by Crippen LogP contribution is -2.37. The van der Waals surface area contributed by atoms with Gasteiger partial charge in [0.05, 0.1) is 6.07 Å². The van der Waals surface area contributed by atoms with Crippen molar-refractivity contribution in [2.24, 2.45) is 0 Å². The van der Waals surface area contributed by atoms with Crippen LogP contribution >= 0.6 is 0 Å². The number of hydrogen-bond acceptors (Lipinski definition) is 3. The van der Waals surface area contributed by atoms with E-state index in [9.17, 15) is 9.90 Å². The van der Waals surface area contributed by atoms with E-state index in [4.69, 9.17) is 5.26 Å². The number of amides is 1. The van der Waals surface area contributed by atoms with Crippen molar-refractivity contribution < 1.29 is 9.90 Å². The molecule has 4 heteroatoms. The number of aromatic hydroxyl groups is 1. The smallest absolute Gasteiger partial charge is 0.255 e. The van der Waals surface area contributed by atoms with Crippen LogP contribution in [0, 0.1) is 11.3 Å². The molecule has 0 aliphatic carbocycles. The lowest BCUT2D eigenvalue weighted by Gasteiger charge is -2.23. The zero-order valence-electron chi connectivity index (χ0n) is 9.34. The highest BCUT2D eigenvalue weighted by Gasteiger charge is 2.18. The van der Waals surface area contributed by atoms with Crippen molar-refractivity contribution in [2.45, 2.75) is 19.9 Å². The predicted octanol–water partition coefficient (Wildman–Crippen LogP) is 1.77. The molecule has 0 saturated heterocycles. The minimum atomic E-state index is -0.243. The van der Waals surface area contributed by atoms with E-state index in [1.807, 2.05) is 19.9 Å². The topological polar surface area (TPSA) is 64.3 Å². The molecule has 0 radical (unpaired) electrons. The van der Waals surface area contributed by atoms with Gasteiger partial charge in [-0.15, -0.1) is 0 Å². The first-order valence-corrected chi connectivity index (χ1v) is 5.03. The zero-order chi connectivity index (χ0) is 12.1. The van der Waals surface area contributed by atoms with Crippen LogP contribution in [0.15, 0.2) is 24.3 Å². The van der Waals surface area contributed by atoms with Crippen LogP contribution in [0.4, 0.5) is 0 Å². The summed E-state index contributed by atoms with van der Waals surface area (Å²) in [4.78, 5) is 13.4. The van der Waals surface area contributed by atoms with Gasteiger partial charge in [-0.2, -0.15) is 5.26 Å². The number of carbonyl (C=O) groups excluding carboxylic acids is 1. The zero-order valence-corrected chi connectivity index (χ0v) is 9.34. The maximum absolute atomic E-state index is 12.0. The molecule has 1 aromatic carbocycles. The number of hydrogen-bond donors (Lipinski definition) is 1. The molecule has 16 heavy (non-hydrogen) atoms. The molecule has 0 bridgehead atoms. The molecule has 1 aromatic rings. The van der Waals surface area contributed by atoms with Crippen LogP contribution in [0.5, 0.6) is 5.75 Å². The number of phenols is 1. The summed E-state index contributed by atoms with van der Waals surface area (Å²) < 4.78 is 0. The molecule has 0 atom stereocenters. The summed E-state index contributed by atoms with van der Waals surface area (Å²) in [6, 6.07) is 8.03. The van der Waals surface area contributed by atoms with E-state index < -0.39 is 0 Å². The SMILES string of the molecule is CC(C)N(CC#N)C(=O)c1cccc(O)c1. The van der Waals surface area contributed by atoms with E-state index in [0.717, 1.165) is 0 Å². The van der Waals surface area contributed by atoms with E-state index in [1.165, 1.54) is 17.0 Å². The molecule has 0 fully saturated rings. The number of nitriles is 1. The summed E-state index contributed by atoms with van der Waals surface area (Å²) in [6.07, 6.45) is 0. The van der Waals surface area contributed by atoms with Gasteiger partial charge in [0.1, 0.15) is 12.3 Å². The van der Waals surface area contributed by atoms with Crippen molar-refractivity contribution in [1.29, 1.82) is 5.26 Å². The highest BCUT2D eigenvalue weighted by Crippen LogP contribution is 2.14. The van der Waals surface area contributed by atoms with Gasteiger partial charge in [0.15, 0.2) is 0 Å². The molecule has 1 rings (SSSR count). The van der Waals surface area contributed by atoms with Crippen LogP contribution in [-0.2, 0) is 0 Å². The molecule has 1 amide bonds. The average Bonchev–Trinajstić information content (AvgIpc) is 2.24. The number of carbonyl (C=O) groups is 1. The van der Waals surface area contributed by atoms with Gasteiger partial charge in [0, 0.05) is 11.6 Å². The van der Waals surface area contributed by atoms with Gasteiger partial charge >= 0.3 is 0 Å². The molecule has 0 unspecified atom stereocenters. The van der Waals surface area contributed by atoms with Gasteiger partial charge in [0.2, 0.25) is 0 Å². The Hall–Kier alpha value is -2.02. The van der Waals surface area contributed by atoms with Gasteiger partial charge in [-0.1, -0.05) is 6.07 Å². The normalized spacial score (nSPS) is 9.88. The number of nitrogens with zero attached hydrogens (tertiary/aromatic N) is 2. The van der Waals surface area contributed by atoms with Crippen molar-refractivity contribution >= 4 is 5.91 Å². The van der Waals surface area contributed by atoms with E-state index >= 15 is 0 Å². The summed E-state index contributed by atoms with van der Waals surface area (Å²) in [7, 11) is 0. The fourth-order valence-electron chi connectivity index (χ4n) is 1.37. The van der Waals surface area contributed by atoms with Gasteiger partial charge < -0.3 is 10.0 Å². The van der Waals surface area contributed by atoms with Crippen LogP contribution < -0.4 is 0 Å². The third-order valence-corrected chi connectivity index (χ3v) is 2.22. The Morgan fingerprint density at radius 2 is 2.25 bits per heavy atom. The van der Waals surface area contributed by atoms with Crippen LogP contribution in [0.25, 0.3) is 0 Å². The fraction of sp³-hybridized carbons (Fsp3) is 0.333. The van der Waals surface area contributed by atoms with E-state index in [1.54, 1.807) is 12.1 Å². The van der Waals surface area contributed by atoms with E-state index in [-0.39, 0.29) is 24.2 Å². The Bertz CT molecular complexity index is 421. The molecular weight excluding hydrogens is 204 g/mol. The maximum Gasteiger partial charge on any atom is 0.255 e. The van der Waals surface area contributed by atoms with Crippen LogP contribution in [-0.4, -0.2) is 28.5 Å². The third kappa shape index (κ3) is 2.74. The van der Waals surface area contributed by atoms with Gasteiger partial charge in [-0.25, -0.2) is 0 Å². The molecule has 0 saturated carbocycles. The van der Waals surface area contributed by atoms with Crippen LogP contribution in [0.2, 0.25) is 0 Å². The van der Waals surface area contributed by atoms with E-state index in [2.05, 4.69) is 0 Å². The predicted molar refractivity (Wildman–Crippen MR) is 59.9 cm³/mol. The highest BCUT2D eigenvalue weighted by molar-refractivity contribution is 5.94. The second kappa shape index (κ2) is 5.17. The third-order valence-electron chi connectivity index (χ3n) is 2.22. The largest absolute Gasteiger partial charge is 0.508 e. The molecule has 0 aromatic heterocycles. The average molecular weight is 218 g/mol. The van der Waals surface area contributed by atoms with Crippen LogP contribution in [0.3, 0.4) is 0 Å². The molecule has 1 N–H and O–H groups in total. The van der Waals surface area contributed by atoms with Crippen molar-refractivity contribution in [2.75, 3.05) is 6.54 Å². The Morgan fingerprint density at radius 1 is 1.56 bits per heavy atom. The van der Waals surface area contributed by atoms with Crippen molar-refractivity contribution in [1.82, 2.24) is 4.90 Å². The standard InChI is InChI=1S/C12H14N2O2/c1-9(2)14(7-6-13)12(16)10-4-3-5-11(15)8-10/h3-5,8-9,15H,7H2,1-2H3. The monoisotopic (exact) mass is 218 g/mol. The number of phenolic OH excluding ortho intramolecular Hbond substituents is 1. The summed E-state index contributed by atoms with van der Waals surface area (Å²) in [5.74, 6) is -0.195. The number of rotatable bonds is 3. The van der Waals surface area contributed by atoms with Gasteiger partial charge in [-0.05, 0) is 32.0 Å². The molecule has 0 aliphatic heterocycles. The quantitative estimate of drug-likeness (QED) is 0.786. The Morgan fingerprint density at radius 3 is 2.75 bits per heavy atom. The minimum absolute atomic E-state index is 0.0468. The first-order valence-electron chi connectivity index (χ1n) is 5.03. The summed E-state index contributed by atoms with van der Waals surface area (Å²) in [5.41, 5.74) is 0.393. The molecule has 0 aliphatic rings. The Kier molecular flexibility index (Phi) is 3.90. The molecule has 4 nitrogen and oxygen atoms in total.